The van der Waals surface area contributed by atoms with Gasteiger partial charge in [-0.2, -0.15) is 15.3 Å². The highest BCUT2D eigenvalue weighted by atomic mass is 16.2. The summed E-state index contributed by atoms with van der Waals surface area (Å²) in [6.45, 7) is 11.0. The van der Waals surface area contributed by atoms with Gasteiger partial charge >= 0.3 is 0 Å². The molecule has 3 aliphatic carbocycles. The van der Waals surface area contributed by atoms with Crippen LogP contribution in [0.15, 0.2) is 128 Å². The third-order valence-electron chi connectivity index (χ3n) is 28.5. The molecule has 0 spiro atoms. The minimum atomic E-state index is -0.692. The molecule has 3 atom stereocenters. The number of anilines is 3. The average Bonchev–Trinajstić information content (AvgIpc) is 1.58. The molecule has 9 fully saturated rings. The minimum Gasteiger partial charge on any atom is -0.342 e. The second-order valence-corrected chi connectivity index (χ2v) is 36.2. The van der Waals surface area contributed by atoms with Gasteiger partial charge < -0.3 is 14.7 Å². The number of amides is 12. The van der Waals surface area contributed by atoms with Gasteiger partial charge in [-0.1, -0.05) is 94.6 Å². The third-order valence-corrected chi connectivity index (χ3v) is 28.5. The predicted molar refractivity (Wildman–Crippen MR) is 446 cm³/mol. The fourth-order valence-electron chi connectivity index (χ4n) is 20.9. The van der Waals surface area contributed by atoms with Crippen molar-refractivity contribution in [2.75, 3.05) is 54.0 Å². The van der Waals surface area contributed by atoms with Crippen LogP contribution in [0.5, 0.6) is 0 Å². The van der Waals surface area contributed by atoms with Crippen LogP contribution in [0.2, 0.25) is 0 Å². The molecule has 12 aliphatic rings. The number of piperidine rings is 6. The number of nitrogens with one attached hydrogen (secondary N) is 3. The number of benzene rings is 6. The van der Waals surface area contributed by atoms with E-state index < -0.39 is 35.8 Å². The van der Waals surface area contributed by atoms with Crippen LogP contribution in [0.25, 0.3) is 32.3 Å². The second kappa shape index (κ2) is 30.6. The molecule has 3 aromatic heterocycles. The van der Waals surface area contributed by atoms with Crippen LogP contribution in [0, 0.1) is 16.2 Å². The number of hydrogen-bond donors (Lipinski definition) is 3. The topological polar surface area (TPSA) is 314 Å². The van der Waals surface area contributed by atoms with E-state index in [1.165, 1.54) is 0 Å². The summed E-state index contributed by atoms with van der Waals surface area (Å²) < 4.78 is 6.16. The van der Waals surface area contributed by atoms with Crippen LogP contribution in [-0.2, 0) is 62.4 Å². The third kappa shape index (κ3) is 13.8. The summed E-state index contributed by atoms with van der Waals surface area (Å²) in [6.07, 6.45) is 30.6. The molecule has 21 rings (SSSR count). The molecule has 27 heteroatoms. The van der Waals surface area contributed by atoms with Crippen LogP contribution in [0.1, 0.15) is 238 Å². The molecule has 27 nitrogen and oxygen atoms in total. The molecule has 6 saturated heterocycles. The molecular weight excluding hydrogens is 1520 g/mol. The molecule has 9 aliphatic heterocycles. The van der Waals surface area contributed by atoms with E-state index in [1.807, 2.05) is 124 Å². The molecular formula is C93H99N15O12. The maximum atomic E-state index is 13.4. The number of carbonyl (C=O) groups is 12. The summed E-state index contributed by atoms with van der Waals surface area (Å²) in [7, 11) is 0. The highest BCUT2D eigenvalue weighted by Crippen LogP contribution is 2.49. The van der Waals surface area contributed by atoms with Crippen molar-refractivity contribution in [2.24, 2.45) is 16.2 Å². The standard InChI is InChI=1S/3C31H33N5O4/c3*1-31(12-3-13-31)30(40)34-14-10-21(11-15-34)35-18-19(17-32-35)16-20-6-7-24-27-22(20)4-2-5-23(27)29(39)36(24)25-8-9-26(37)33-28(25)38/h3*2,4-7,17-18,21,25H,3,8-16H2,1H3,(H,33,37,38)/t2*25-;/m10./s1. The van der Waals surface area contributed by atoms with Crippen molar-refractivity contribution in [2.45, 2.75) is 211 Å². The summed E-state index contributed by atoms with van der Waals surface area (Å²) in [5.41, 5.74) is 10.0. The van der Waals surface area contributed by atoms with E-state index in [9.17, 15) is 57.5 Å². The molecule has 120 heavy (non-hydrogen) atoms. The molecule has 12 heterocycles. The number of likely N-dealkylation sites (tertiary alicyclic amines) is 3. The summed E-state index contributed by atoms with van der Waals surface area (Å²) in [5.74, 6) is -1.79. The van der Waals surface area contributed by atoms with Crippen LogP contribution in [0.4, 0.5) is 17.1 Å². The van der Waals surface area contributed by atoms with Crippen molar-refractivity contribution in [3.05, 3.63) is 178 Å². The van der Waals surface area contributed by atoms with Gasteiger partial charge in [0.15, 0.2) is 0 Å². The lowest BCUT2D eigenvalue weighted by Crippen LogP contribution is -2.53. The molecule has 6 aromatic carbocycles. The van der Waals surface area contributed by atoms with E-state index in [-0.39, 0.29) is 89.1 Å². The number of rotatable bonds is 15. The molecule has 0 bridgehead atoms. The van der Waals surface area contributed by atoms with Crippen molar-refractivity contribution in [1.82, 2.24) is 60.0 Å². The first-order valence-corrected chi connectivity index (χ1v) is 43.1. The first-order valence-electron chi connectivity index (χ1n) is 43.1. The molecule has 0 radical (unpaired) electrons. The van der Waals surface area contributed by atoms with Gasteiger partial charge in [-0.05, 0) is 182 Å². The molecule has 9 aromatic rings. The number of hydrogen-bond acceptors (Lipinski definition) is 15. The van der Waals surface area contributed by atoms with Crippen molar-refractivity contribution in [3.63, 3.8) is 0 Å². The van der Waals surface area contributed by atoms with E-state index in [0.717, 1.165) is 218 Å². The Morgan fingerprint density at radius 3 is 0.867 bits per heavy atom. The van der Waals surface area contributed by atoms with E-state index >= 15 is 0 Å². The lowest BCUT2D eigenvalue weighted by atomic mass is 9.69. The van der Waals surface area contributed by atoms with E-state index in [1.54, 1.807) is 14.7 Å². The van der Waals surface area contributed by atoms with Crippen molar-refractivity contribution in [1.29, 1.82) is 0 Å². The van der Waals surface area contributed by atoms with Crippen molar-refractivity contribution < 1.29 is 57.5 Å². The normalized spacial score (nSPS) is 22.5. The van der Waals surface area contributed by atoms with Crippen LogP contribution in [0.3, 0.4) is 0 Å². The Bertz CT molecular complexity index is 5240. The highest BCUT2D eigenvalue weighted by Gasteiger charge is 2.49. The Morgan fingerprint density at radius 2 is 0.625 bits per heavy atom. The van der Waals surface area contributed by atoms with Crippen molar-refractivity contribution in [3.8, 4) is 0 Å². The number of imide groups is 3. The van der Waals surface area contributed by atoms with Gasteiger partial charge in [0.25, 0.3) is 17.7 Å². The smallest absolute Gasteiger partial charge is 0.259 e. The lowest BCUT2D eigenvalue weighted by Gasteiger charge is -2.43. The zero-order chi connectivity index (χ0) is 82.8. The zero-order valence-corrected chi connectivity index (χ0v) is 68.1. The monoisotopic (exact) mass is 1620 g/mol. The summed E-state index contributed by atoms with van der Waals surface area (Å²) in [4.78, 5) is 163. The first kappa shape index (κ1) is 77.9. The Labute approximate surface area is 693 Å². The maximum absolute atomic E-state index is 13.4. The number of carbonyl (C=O) groups excluding carboxylic acids is 12. The number of aromatic nitrogens is 6. The Kier molecular flexibility index (Phi) is 19.9. The predicted octanol–water partition coefficient (Wildman–Crippen LogP) is 11.2. The van der Waals surface area contributed by atoms with Gasteiger partial charge in [0, 0.05) is 145 Å². The van der Waals surface area contributed by atoms with Gasteiger partial charge in [-0.25, -0.2) is 0 Å². The van der Waals surface area contributed by atoms with E-state index in [4.69, 9.17) is 0 Å². The maximum Gasteiger partial charge on any atom is 0.259 e. The van der Waals surface area contributed by atoms with Crippen LogP contribution in [-0.4, -0.2) is 172 Å². The van der Waals surface area contributed by atoms with E-state index in [0.29, 0.717) is 72.9 Å². The molecule has 1 unspecified atom stereocenters. The van der Waals surface area contributed by atoms with Crippen LogP contribution >= 0.6 is 0 Å². The van der Waals surface area contributed by atoms with Gasteiger partial charge in [-0.3, -0.25) is 102 Å². The summed E-state index contributed by atoms with van der Waals surface area (Å²) >= 11 is 0. The zero-order valence-electron chi connectivity index (χ0n) is 68.1. The molecule has 618 valence electrons. The molecule has 3 saturated carbocycles. The minimum absolute atomic E-state index is 0.144. The summed E-state index contributed by atoms with van der Waals surface area (Å²) in [6, 6.07) is 27.8. The highest BCUT2D eigenvalue weighted by molar-refractivity contribution is 6.30. The fourth-order valence-corrected chi connectivity index (χ4v) is 20.9. The first-order chi connectivity index (χ1) is 58.0. The quantitative estimate of drug-likeness (QED) is 0.0803. The summed E-state index contributed by atoms with van der Waals surface area (Å²) in [5, 5.41) is 26.7. The van der Waals surface area contributed by atoms with E-state index in [2.05, 4.69) is 84.7 Å². The average molecular weight is 1620 g/mol. The molecule has 12 amide bonds. The Morgan fingerprint density at radius 1 is 0.358 bits per heavy atom. The van der Waals surface area contributed by atoms with Crippen molar-refractivity contribution >= 4 is 120 Å². The largest absolute Gasteiger partial charge is 0.342 e. The van der Waals surface area contributed by atoms with Gasteiger partial charge in [0.1, 0.15) is 18.1 Å². The lowest BCUT2D eigenvalue weighted by molar-refractivity contribution is -0.148. The van der Waals surface area contributed by atoms with Crippen LogP contribution < -0.4 is 30.7 Å². The Hall–Kier alpha value is -12.0. The van der Waals surface area contributed by atoms with Gasteiger partial charge in [0.2, 0.25) is 53.2 Å². The number of nitrogens with zero attached hydrogens (tertiary/aromatic N) is 12. The van der Waals surface area contributed by atoms with Gasteiger partial charge in [-0.15, -0.1) is 0 Å². The molecule has 3 N–H and O–H groups in total. The SMILES string of the molecule is CC1(C(=O)N2CCC(n3cc(Cc4ccc5c6c(cccc46)C(=O)N5C4CCC(=O)NC4=O)cn3)CC2)CCC1.CC1(C(=O)N2CCC(n3cc(Cc4ccc5c6c(cccc46)C(=O)N5[C@@H]4CCC(=O)NC4=O)cn3)CC2)CCC1.CC1(C(=O)N2CCC(n3cc(Cc4ccc5c6c(cccc46)C(=O)N5[C@H]4CCC(=O)NC4=O)cn3)CC2)CCC1. The fraction of sp³-hybridized carbons (Fsp3) is 0.452. The van der Waals surface area contributed by atoms with Gasteiger partial charge in [0.05, 0.1) is 53.8 Å². The Balaban J connectivity index is 0.000000119. The second-order valence-electron chi connectivity index (χ2n) is 36.2.